The first-order valence-corrected chi connectivity index (χ1v) is 5.63. The predicted octanol–water partition coefficient (Wildman–Crippen LogP) is 2.12. The van der Waals surface area contributed by atoms with Crippen LogP contribution in [0.4, 0.5) is 5.69 Å². The summed E-state index contributed by atoms with van der Waals surface area (Å²) in [4.78, 5) is 33.5. The minimum absolute atomic E-state index is 0.112. The summed E-state index contributed by atoms with van der Waals surface area (Å²) in [6.07, 6.45) is 1.19. The Labute approximate surface area is 110 Å². The molecular weight excluding hydrogens is 266 g/mol. The Kier molecular flexibility index (Phi) is 2.43. The Morgan fingerprint density at radius 1 is 1.20 bits per heavy atom. The van der Waals surface area contributed by atoms with E-state index in [9.17, 15) is 19.7 Å². The van der Waals surface area contributed by atoms with E-state index < -0.39 is 16.2 Å². The SMILES string of the molecule is Cc1c([N+](=O)[O-])c(=O)oc2ccc3c(=O)ccoc3c12. The molecule has 2 heterocycles. The van der Waals surface area contributed by atoms with Crippen LogP contribution in [-0.4, -0.2) is 4.92 Å². The Hall–Kier alpha value is -2.96. The van der Waals surface area contributed by atoms with Crippen LogP contribution in [0.1, 0.15) is 5.56 Å². The third kappa shape index (κ3) is 1.53. The van der Waals surface area contributed by atoms with Gasteiger partial charge in [0.25, 0.3) is 0 Å². The molecule has 1 aromatic carbocycles. The molecule has 0 fully saturated rings. The Morgan fingerprint density at radius 3 is 2.65 bits per heavy atom. The van der Waals surface area contributed by atoms with Crippen molar-refractivity contribution in [1.82, 2.24) is 0 Å². The van der Waals surface area contributed by atoms with Crippen LogP contribution in [0.2, 0.25) is 0 Å². The van der Waals surface area contributed by atoms with Crippen molar-refractivity contribution in [2.24, 2.45) is 0 Å². The van der Waals surface area contributed by atoms with E-state index in [0.717, 1.165) is 0 Å². The quantitative estimate of drug-likeness (QED) is 0.291. The lowest BCUT2D eigenvalue weighted by atomic mass is 10.1. The van der Waals surface area contributed by atoms with Crippen LogP contribution in [0.5, 0.6) is 0 Å². The van der Waals surface area contributed by atoms with Crippen molar-refractivity contribution in [1.29, 1.82) is 0 Å². The van der Waals surface area contributed by atoms with Crippen LogP contribution in [0.25, 0.3) is 21.9 Å². The Bertz CT molecular complexity index is 982. The first-order valence-electron chi connectivity index (χ1n) is 5.63. The van der Waals surface area contributed by atoms with Gasteiger partial charge < -0.3 is 8.83 Å². The average molecular weight is 273 g/mol. The molecule has 0 amide bonds. The highest BCUT2D eigenvalue weighted by Gasteiger charge is 2.23. The number of nitro groups is 1. The first kappa shape index (κ1) is 12.1. The summed E-state index contributed by atoms with van der Waals surface area (Å²) >= 11 is 0. The molecule has 7 nitrogen and oxygen atoms in total. The van der Waals surface area contributed by atoms with Crippen LogP contribution < -0.4 is 11.1 Å². The van der Waals surface area contributed by atoms with Crippen molar-refractivity contribution in [3.8, 4) is 0 Å². The van der Waals surface area contributed by atoms with E-state index in [1.807, 2.05) is 0 Å². The molecule has 3 rings (SSSR count). The van der Waals surface area contributed by atoms with Crippen molar-refractivity contribution < 1.29 is 13.8 Å². The topological polar surface area (TPSA) is 104 Å². The zero-order valence-corrected chi connectivity index (χ0v) is 10.2. The fourth-order valence-electron chi connectivity index (χ4n) is 2.21. The number of hydrogen-bond acceptors (Lipinski definition) is 6. The number of rotatable bonds is 1. The lowest BCUT2D eigenvalue weighted by Gasteiger charge is -2.04. The molecular formula is C13H7NO6. The molecule has 0 saturated heterocycles. The van der Waals surface area contributed by atoms with Gasteiger partial charge >= 0.3 is 11.3 Å². The molecule has 0 N–H and O–H groups in total. The number of aryl methyl sites for hydroxylation is 1. The molecule has 7 heteroatoms. The van der Waals surface area contributed by atoms with Gasteiger partial charge in [-0.1, -0.05) is 0 Å². The van der Waals surface area contributed by atoms with Gasteiger partial charge in [0.05, 0.1) is 22.0 Å². The molecule has 2 aromatic heterocycles. The standard InChI is InChI=1S/C13H7NO6/c1-6-10-9(20-13(16)11(6)14(17)18)3-2-7-8(15)4-5-19-12(7)10/h2-5H,1H3. The van der Waals surface area contributed by atoms with Gasteiger partial charge in [-0.2, -0.15) is 0 Å². The minimum atomic E-state index is -1.03. The van der Waals surface area contributed by atoms with E-state index in [1.165, 1.54) is 31.4 Å². The summed E-state index contributed by atoms with van der Waals surface area (Å²) in [6.45, 7) is 1.42. The molecule has 0 atom stereocenters. The molecule has 0 aliphatic rings. The van der Waals surface area contributed by atoms with Crippen molar-refractivity contribution in [2.75, 3.05) is 0 Å². The summed E-state index contributed by atoms with van der Waals surface area (Å²) in [5.41, 5.74) is -1.55. The second-order valence-electron chi connectivity index (χ2n) is 4.22. The van der Waals surface area contributed by atoms with Gasteiger partial charge in [-0.25, -0.2) is 4.79 Å². The van der Waals surface area contributed by atoms with Crippen molar-refractivity contribution in [3.63, 3.8) is 0 Å². The molecule has 0 aliphatic carbocycles. The van der Waals surface area contributed by atoms with Gasteiger partial charge in [0.1, 0.15) is 11.2 Å². The number of benzene rings is 1. The van der Waals surface area contributed by atoms with Gasteiger partial charge in [0, 0.05) is 11.6 Å². The third-order valence-corrected chi connectivity index (χ3v) is 3.10. The van der Waals surface area contributed by atoms with Gasteiger partial charge in [0.15, 0.2) is 5.43 Å². The second kappa shape index (κ2) is 4.02. The Balaban J connectivity index is 2.66. The molecule has 20 heavy (non-hydrogen) atoms. The fourth-order valence-corrected chi connectivity index (χ4v) is 2.21. The summed E-state index contributed by atoms with van der Waals surface area (Å²) in [6, 6.07) is 4.13. The van der Waals surface area contributed by atoms with Crippen LogP contribution in [0, 0.1) is 17.0 Å². The Morgan fingerprint density at radius 2 is 1.95 bits per heavy atom. The number of hydrogen-bond donors (Lipinski definition) is 0. The van der Waals surface area contributed by atoms with Gasteiger partial charge in [-0.15, -0.1) is 0 Å². The number of fused-ring (bicyclic) bond motifs is 3. The van der Waals surface area contributed by atoms with Gasteiger partial charge in [0.2, 0.25) is 0 Å². The van der Waals surface area contributed by atoms with Gasteiger partial charge in [-0.05, 0) is 19.1 Å². The fraction of sp³-hybridized carbons (Fsp3) is 0.0769. The molecule has 0 radical (unpaired) electrons. The highest BCUT2D eigenvalue weighted by molar-refractivity contribution is 6.04. The normalized spacial score (nSPS) is 11.1. The van der Waals surface area contributed by atoms with Crippen LogP contribution in [-0.2, 0) is 0 Å². The lowest BCUT2D eigenvalue weighted by molar-refractivity contribution is -0.387. The lowest BCUT2D eigenvalue weighted by Crippen LogP contribution is -2.09. The van der Waals surface area contributed by atoms with Crippen molar-refractivity contribution in [3.05, 3.63) is 60.8 Å². The monoisotopic (exact) mass is 273 g/mol. The summed E-state index contributed by atoms with van der Waals surface area (Å²) in [5, 5.41) is 11.5. The molecule has 3 aromatic rings. The van der Waals surface area contributed by atoms with E-state index in [1.54, 1.807) is 0 Å². The van der Waals surface area contributed by atoms with E-state index in [4.69, 9.17) is 8.83 Å². The first-order chi connectivity index (χ1) is 9.50. The predicted molar refractivity (Wildman–Crippen MR) is 69.9 cm³/mol. The summed E-state index contributed by atoms with van der Waals surface area (Å²) in [5.74, 6) is 0. The van der Waals surface area contributed by atoms with Crippen molar-refractivity contribution >= 4 is 27.6 Å². The molecule has 0 unspecified atom stereocenters. The molecule has 100 valence electrons. The zero-order valence-electron chi connectivity index (χ0n) is 10.2. The average Bonchev–Trinajstić information content (AvgIpc) is 2.37. The molecule has 0 aliphatic heterocycles. The van der Waals surface area contributed by atoms with Crippen molar-refractivity contribution in [2.45, 2.75) is 6.92 Å². The minimum Gasteiger partial charge on any atom is -0.463 e. The third-order valence-electron chi connectivity index (χ3n) is 3.10. The zero-order chi connectivity index (χ0) is 14.4. The summed E-state index contributed by atoms with van der Waals surface area (Å²) < 4.78 is 10.2. The second-order valence-corrected chi connectivity index (χ2v) is 4.22. The molecule has 0 spiro atoms. The highest BCUT2D eigenvalue weighted by Crippen LogP contribution is 2.29. The molecule has 0 bridgehead atoms. The van der Waals surface area contributed by atoms with Gasteiger partial charge in [-0.3, -0.25) is 14.9 Å². The van der Waals surface area contributed by atoms with E-state index in [-0.39, 0.29) is 32.9 Å². The maximum absolute atomic E-state index is 11.7. The van der Waals surface area contributed by atoms with E-state index >= 15 is 0 Å². The van der Waals surface area contributed by atoms with Crippen LogP contribution in [0.15, 0.2) is 42.9 Å². The summed E-state index contributed by atoms with van der Waals surface area (Å²) in [7, 11) is 0. The van der Waals surface area contributed by atoms with E-state index in [0.29, 0.717) is 0 Å². The van der Waals surface area contributed by atoms with E-state index in [2.05, 4.69) is 0 Å². The molecule has 0 saturated carbocycles. The van der Waals surface area contributed by atoms with Crippen LogP contribution >= 0.6 is 0 Å². The highest BCUT2D eigenvalue weighted by atomic mass is 16.6. The smallest absolute Gasteiger partial charge is 0.415 e. The largest absolute Gasteiger partial charge is 0.463 e. The number of nitrogens with zero attached hydrogens (tertiary/aromatic N) is 1. The maximum Gasteiger partial charge on any atom is 0.415 e. The van der Waals surface area contributed by atoms with Crippen LogP contribution in [0.3, 0.4) is 0 Å². The maximum atomic E-state index is 11.7.